The summed E-state index contributed by atoms with van der Waals surface area (Å²) in [5.74, 6) is -0.290. The zero-order valence-electron chi connectivity index (χ0n) is 11.3. The van der Waals surface area contributed by atoms with Gasteiger partial charge in [-0.3, -0.25) is 4.79 Å². The van der Waals surface area contributed by atoms with Crippen LogP contribution in [-0.2, 0) is 14.8 Å². The standard InChI is InChI=1S/C12H17BrN2O4S/c1-3-19-7-6-15(2)12(16)9-4-5-10(13)11(8-9)20(14,17)18/h4-5,8H,3,6-7H2,1-2H3,(H2,14,17,18). The van der Waals surface area contributed by atoms with E-state index in [4.69, 9.17) is 9.88 Å². The molecule has 1 aromatic carbocycles. The monoisotopic (exact) mass is 364 g/mol. The molecule has 2 N–H and O–H groups in total. The SMILES string of the molecule is CCOCCN(C)C(=O)c1ccc(Br)c(S(N)(=O)=O)c1. The summed E-state index contributed by atoms with van der Waals surface area (Å²) in [6.45, 7) is 3.30. The highest BCUT2D eigenvalue weighted by molar-refractivity contribution is 9.10. The Morgan fingerprint density at radius 3 is 2.65 bits per heavy atom. The van der Waals surface area contributed by atoms with Crippen molar-refractivity contribution in [3.63, 3.8) is 0 Å². The Morgan fingerprint density at radius 1 is 1.45 bits per heavy atom. The Hall–Kier alpha value is -0.960. The highest BCUT2D eigenvalue weighted by Crippen LogP contribution is 2.22. The Bertz CT molecular complexity index is 589. The zero-order valence-corrected chi connectivity index (χ0v) is 13.7. The van der Waals surface area contributed by atoms with E-state index in [2.05, 4.69) is 15.9 Å². The fourth-order valence-electron chi connectivity index (χ4n) is 1.52. The van der Waals surface area contributed by atoms with Gasteiger partial charge in [-0.2, -0.15) is 0 Å². The molecule has 0 saturated heterocycles. The number of hydrogen-bond donors (Lipinski definition) is 1. The highest BCUT2D eigenvalue weighted by atomic mass is 79.9. The first-order chi connectivity index (χ1) is 9.27. The molecule has 0 bridgehead atoms. The van der Waals surface area contributed by atoms with E-state index in [0.29, 0.717) is 24.2 Å². The molecule has 0 radical (unpaired) electrons. The number of nitrogens with two attached hydrogens (primary N) is 1. The average molecular weight is 365 g/mol. The van der Waals surface area contributed by atoms with Crippen LogP contribution in [-0.4, -0.2) is 46.0 Å². The van der Waals surface area contributed by atoms with Gasteiger partial charge in [0.15, 0.2) is 0 Å². The molecule has 0 aliphatic heterocycles. The van der Waals surface area contributed by atoms with Gasteiger partial charge < -0.3 is 9.64 Å². The maximum Gasteiger partial charge on any atom is 0.253 e. The third-order valence-electron chi connectivity index (χ3n) is 2.61. The van der Waals surface area contributed by atoms with Gasteiger partial charge in [-0.15, -0.1) is 0 Å². The quantitative estimate of drug-likeness (QED) is 0.768. The van der Waals surface area contributed by atoms with E-state index in [0.717, 1.165) is 0 Å². The number of halogens is 1. The molecule has 8 heteroatoms. The Kier molecular flexibility index (Phi) is 6.12. The molecule has 0 aromatic heterocycles. The molecule has 0 aliphatic carbocycles. The smallest absolute Gasteiger partial charge is 0.253 e. The second kappa shape index (κ2) is 7.16. The first-order valence-electron chi connectivity index (χ1n) is 5.93. The number of rotatable bonds is 6. The molecule has 0 saturated carbocycles. The number of benzene rings is 1. The number of ether oxygens (including phenoxy) is 1. The Balaban J connectivity index is 2.94. The number of nitrogens with zero attached hydrogens (tertiary/aromatic N) is 1. The third-order valence-corrected chi connectivity index (χ3v) is 4.51. The molecule has 0 unspecified atom stereocenters. The summed E-state index contributed by atoms with van der Waals surface area (Å²) in [5.41, 5.74) is 0.260. The van der Waals surface area contributed by atoms with Crippen molar-refractivity contribution in [1.29, 1.82) is 0 Å². The number of primary sulfonamides is 1. The van der Waals surface area contributed by atoms with Crippen LogP contribution in [0.15, 0.2) is 27.6 Å². The largest absolute Gasteiger partial charge is 0.380 e. The van der Waals surface area contributed by atoms with Crippen LogP contribution in [0.2, 0.25) is 0 Å². The Labute approximate surface area is 127 Å². The molecule has 0 atom stereocenters. The molecular weight excluding hydrogens is 348 g/mol. The lowest BCUT2D eigenvalue weighted by molar-refractivity contribution is 0.0709. The summed E-state index contributed by atoms with van der Waals surface area (Å²) in [6.07, 6.45) is 0. The van der Waals surface area contributed by atoms with Gasteiger partial charge in [0.2, 0.25) is 10.0 Å². The lowest BCUT2D eigenvalue weighted by Gasteiger charge is -2.17. The van der Waals surface area contributed by atoms with Gasteiger partial charge in [0.1, 0.15) is 0 Å². The van der Waals surface area contributed by atoms with Crippen LogP contribution in [0.25, 0.3) is 0 Å². The summed E-state index contributed by atoms with van der Waals surface area (Å²) in [4.78, 5) is 13.5. The lowest BCUT2D eigenvalue weighted by Crippen LogP contribution is -2.30. The molecule has 1 amide bonds. The van der Waals surface area contributed by atoms with Crippen LogP contribution in [0.5, 0.6) is 0 Å². The van der Waals surface area contributed by atoms with Crippen LogP contribution in [0.4, 0.5) is 0 Å². The normalized spacial score (nSPS) is 11.4. The van der Waals surface area contributed by atoms with Crippen molar-refractivity contribution in [3.05, 3.63) is 28.2 Å². The van der Waals surface area contributed by atoms with Crippen LogP contribution in [0, 0.1) is 0 Å². The van der Waals surface area contributed by atoms with Crippen molar-refractivity contribution in [2.45, 2.75) is 11.8 Å². The molecule has 20 heavy (non-hydrogen) atoms. The number of likely N-dealkylation sites (N-methyl/N-ethyl adjacent to an activating group) is 1. The van der Waals surface area contributed by atoms with Gasteiger partial charge in [-0.05, 0) is 41.1 Å². The molecular formula is C12H17BrN2O4S. The second-order valence-corrected chi connectivity index (χ2v) is 6.50. The molecule has 1 rings (SSSR count). The number of hydrogen-bond acceptors (Lipinski definition) is 4. The van der Waals surface area contributed by atoms with Gasteiger partial charge in [-0.1, -0.05) is 0 Å². The van der Waals surface area contributed by atoms with Crippen molar-refractivity contribution < 1.29 is 17.9 Å². The zero-order chi connectivity index (χ0) is 15.3. The summed E-state index contributed by atoms with van der Waals surface area (Å²) in [7, 11) is -2.25. The van der Waals surface area contributed by atoms with Crippen LogP contribution in [0.1, 0.15) is 17.3 Å². The minimum absolute atomic E-state index is 0.110. The fraction of sp³-hybridized carbons (Fsp3) is 0.417. The van der Waals surface area contributed by atoms with Gasteiger partial charge in [-0.25, -0.2) is 13.6 Å². The van der Waals surface area contributed by atoms with Gasteiger partial charge >= 0.3 is 0 Å². The van der Waals surface area contributed by atoms with Crippen molar-refractivity contribution in [1.82, 2.24) is 4.90 Å². The van der Waals surface area contributed by atoms with E-state index in [1.165, 1.54) is 23.1 Å². The minimum atomic E-state index is -3.88. The van der Waals surface area contributed by atoms with E-state index in [1.54, 1.807) is 7.05 Å². The highest BCUT2D eigenvalue weighted by Gasteiger charge is 2.18. The molecule has 0 heterocycles. The van der Waals surface area contributed by atoms with E-state index < -0.39 is 10.0 Å². The van der Waals surface area contributed by atoms with Crippen molar-refractivity contribution in [2.75, 3.05) is 26.8 Å². The van der Waals surface area contributed by atoms with Crippen LogP contribution < -0.4 is 5.14 Å². The van der Waals surface area contributed by atoms with Crippen LogP contribution >= 0.6 is 15.9 Å². The number of carbonyl (C=O) groups excluding carboxylic acids is 1. The number of amides is 1. The summed E-state index contributed by atoms with van der Waals surface area (Å²) in [6, 6.07) is 4.29. The fourth-order valence-corrected chi connectivity index (χ4v) is 3.08. The molecule has 6 nitrogen and oxygen atoms in total. The van der Waals surface area contributed by atoms with Crippen molar-refractivity contribution >= 4 is 31.9 Å². The number of carbonyl (C=O) groups is 1. The topological polar surface area (TPSA) is 89.7 Å². The summed E-state index contributed by atoms with van der Waals surface area (Å²) >= 11 is 3.10. The van der Waals surface area contributed by atoms with E-state index >= 15 is 0 Å². The average Bonchev–Trinajstić information content (AvgIpc) is 2.37. The lowest BCUT2D eigenvalue weighted by atomic mass is 10.2. The van der Waals surface area contributed by atoms with Gasteiger partial charge in [0.05, 0.1) is 11.5 Å². The molecule has 0 aliphatic rings. The summed E-state index contributed by atoms with van der Waals surface area (Å²) < 4.78 is 28.3. The van der Waals surface area contributed by atoms with Crippen LogP contribution in [0.3, 0.4) is 0 Å². The molecule has 112 valence electrons. The minimum Gasteiger partial charge on any atom is -0.380 e. The third kappa shape index (κ3) is 4.55. The van der Waals surface area contributed by atoms with Crippen molar-refractivity contribution in [3.8, 4) is 0 Å². The predicted molar refractivity (Wildman–Crippen MR) is 79.0 cm³/mol. The second-order valence-electron chi connectivity index (χ2n) is 4.11. The first kappa shape index (κ1) is 17.1. The molecule has 0 spiro atoms. The molecule has 1 aromatic rings. The predicted octanol–water partition coefficient (Wildman–Crippen LogP) is 1.21. The van der Waals surface area contributed by atoms with E-state index in [1.807, 2.05) is 6.92 Å². The maximum atomic E-state index is 12.1. The Morgan fingerprint density at radius 2 is 2.10 bits per heavy atom. The van der Waals surface area contributed by atoms with Gasteiger partial charge in [0.25, 0.3) is 5.91 Å². The molecule has 0 fully saturated rings. The van der Waals surface area contributed by atoms with E-state index in [9.17, 15) is 13.2 Å². The summed E-state index contributed by atoms with van der Waals surface area (Å²) in [5, 5.41) is 5.10. The first-order valence-corrected chi connectivity index (χ1v) is 8.27. The van der Waals surface area contributed by atoms with E-state index in [-0.39, 0.29) is 16.4 Å². The maximum absolute atomic E-state index is 12.1. The number of sulfonamides is 1. The van der Waals surface area contributed by atoms with Crippen molar-refractivity contribution in [2.24, 2.45) is 5.14 Å². The van der Waals surface area contributed by atoms with Gasteiger partial charge in [0, 0.05) is 30.2 Å².